The molecule has 0 spiro atoms. The molecule has 0 amide bonds. The van der Waals surface area contributed by atoms with Crippen molar-refractivity contribution in [2.24, 2.45) is 0 Å². The first-order valence-electron chi connectivity index (χ1n) is 24.4. The molecule has 0 N–H and O–H groups in total. The number of rotatable bonds is 8. The zero-order chi connectivity index (χ0) is 48.5. The molecule has 1 nitrogen and oxygen atoms in total. The van der Waals surface area contributed by atoms with Crippen molar-refractivity contribution in [3.8, 4) is 55.6 Å². The maximum absolute atomic E-state index is 3.36. The molecule has 12 aromatic rings. The molecule has 0 atom stereocenters. The van der Waals surface area contributed by atoms with E-state index >= 15 is 0 Å². The minimum atomic E-state index is 1.10. The van der Waals surface area contributed by atoms with Crippen LogP contribution >= 0.6 is 0 Å². The van der Waals surface area contributed by atoms with Gasteiger partial charge in [0.15, 0.2) is 0 Å². The average molecular weight is 910 g/mol. The first-order chi connectivity index (χ1) is 35.0. The van der Waals surface area contributed by atoms with Crippen LogP contribution in [0.2, 0.25) is 0 Å². The van der Waals surface area contributed by atoms with Crippen LogP contribution in [0.15, 0.2) is 286 Å². The monoisotopic (exact) mass is 909 g/mol. The summed E-state index contributed by atoms with van der Waals surface area (Å²) in [6.07, 6.45) is 3.50. The molecule has 0 fully saturated rings. The predicted octanol–water partition coefficient (Wildman–Crippen LogP) is 20.5. The quantitative estimate of drug-likeness (QED) is 0.108. The number of nitrogens with zero attached hydrogens (tertiary/aromatic N) is 1. The lowest BCUT2D eigenvalue weighted by atomic mass is 9.96. The van der Waals surface area contributed by atoms with Crippen molar-refractivity contribution in [3.05, 3.63) is 286 Å². The number of allylic oxidation sites excluding steroid dienone is 2. The minimum Gasteiger partial charge on any atom is -0.310 e. The van der Waals surface area contributed by atoms with E-state index in [4.69, 9.17) is 0 Å². The molecule has 0 heterocycles. The second kappa shape index (κ2) is 21.1. The lowest BCUT2D eigenvalue weighted by molar-refractivity contribution is 1.28. The molecule has 0 aromatic heterocycles. The summed E-state index contributed by atoms with van der Waals surface area (Å²) in [7, 11) is 0. The molecule has 0 saturated carbocycles. The number of benzene rings is 12. The third kappa shape index (κ3) is 9.81. The van der Waals surface area contributed by atoms with E-state index in [2.05, 4.69) is 279 Å². The zero-order valence-corrected chi connectivity index (χ0v) is 40.3. The predicted molar refractivity (Wildman–Crippen MR) is 310 cm³/mol. The maximum atomic E-state index is 3.36. The Morgan fingerprint density at radius 2 is 0.535 bits per heavy atom. The van der Waals surface area contributed by atoms with Crippen LogP contribution < -0.4 is 4.90 Å². The fourth-order valence-electron chi connectivity index (χ4n) is 9.60. The summed E-state index contributed by atoms with van der Waals surface area (Å²) in [5, 5.41) is 10.2. The topological polar surface area (TPSA) is 3.24 Å². The normalized spacial score (nSPS) is 10.8. The van der Waals surface area contributed by atoms with E-state index in [0.717, 1.165) is 17.1 Å². The van der Waals surface area contributed by atoms with Gasteiger partial charge in [-0.3, -0.25) is 0 Å². The Morgan fingerprint density at radius 1 is 0.239 bits per heavy atom. The van der Waals surface area contributed by atoms with Gasteiger partial charge in [-0.1, -0.05) is 224 Å². The van der Waals surface area contributed by atoms with E-state index in [9.17, 15) is 0 Å². The first kappa shape index (κ1) is 45.7. The van der Waals surface area contributed by atoms with Gasteiger partial charge >= 0.3 is 0 Å². The Kier molecular flexibility index (Phi) is 13.6. The highest BCUT2D eigenvalue weighted by molar-refractivity contribution is 6.09. The van der Waals surface area contributed by atoms with E-state index in [-0.39, 0.29) is 0 Å². The van der Waals surface area contributed by atoms with Crippen molar-refractivity contribution in [1.29, 1.82) is 0 Å². The molecule has 340 valence electrons. The van der Waals surface area contributed by atoms with E-state index in [1.807, 2.05) is 13.8 Å². The maximum Gasteiger partial charge on any atom is 0.0467 e. The van der Waals surface area contributed by atoms with Gasteiger partial charge in [0.05, 0.1) is 0 Å². The second-order valence-corrected chi connectivity index (χ2v) is 17.8. The van der Waals surface area contributed by atoms with Crippen LogP contribution in [0.4, 0.5) is 17.1 Å². The molecule has 12 aromatic carbocycles. The Labute approximate surface area is 418 Å². The van der Waals surface area contributed by atoms with Gasteiger partial charge < -0.3 is 4.90 Å². The fraction of sp³-hybridized carbons (Fsp3) is 0.0286. The highest BCUT2D eigenvalue weighted by Crippen LogP contribution is 2.39. The number of hydrogen-bond acceptors (Lipinski definition) is 1. The van der Waals surface area contributed by atoms with Crippen molar-refractivity contribution in [3.63, 3.8) is 0 Å². The van der Waals surface area contributed by atoms with Gasteiger partial charge in [-0.25, -0.2) is 0 Å². The summed E-state index contributed by atoms with van der Waals surface area (Å²) in [5.74, 6) is 0. The van der Waals surface area contributed by atoms with Gasteiger partial charge in [0, 0.05) is 17.1 Å². The Bertz CT molecular complexity index is 3560. The lowest BCUT2D eigenvalue weighted by Gasteiger charge is -2.26. The van der Waals surface area contributed by atoms with Crippen LogP contribution in [-0.2, 0) is 0 Å². The third-order valence-corrected chi connectivity index (χ3v) is 13.1. The van der Waals surface area contributed by atoms with Crippen LogP contribution in [0.3, 0.4) is 0 Å². The van der Waals surface area contributed by atoms with Crippen molar-refractivity contribution >= 4 is 60.2 Å². The largest absolute Gasteiger partial charge is 0.310 e. The highest BCUT2D eigenvalue weighted by Gasteiger charge is 2.15. The summed E-state index contributed by atoms with van der Waals surface area (Å²) in [4.78, 5) is 2.36. The molecule has 0 unspecified atom stereocenters. The Morgan fingerprint density at radius 3 is 0.972 bits per heavy atom. The zero-order valence-electron chi connectivity index (χ0n) is 40.3. The molecular formula is C70H55N. The molecule has 0 radical (unpaired) electrons. The van der Waals surface area contributed by atoms with Gasteiger partial charge in [0.2, 0.25) is 0 Å². The van der Waals surface area contributed by atoms with Crippen molar-refractivity contribution in [1.82, 2.24) is 0 Å². The summed E-state index contributed by atoms with van der Waals surface area (Å²) < 4.78 is 0. The van der Waals surface area contributed by atoms with Gasteiger partial charge in [-0.2, -0.15) is 0 Å². The van der Waals surface area contributed by atoms with E-state index in [0.29, 0.717) is 0 Å². The van der Waals surface area contributed by atoms with E-state index in [1.165, 1.54) is 98.7 Å². The molecule has 1 heteroatoms. The highest BCUT2D eigenvalue weighted by atomic mass is 15.1. The molecular weight excluding hydrogens is 855 g/mol. The van der Waals surface area contributed by atoms with Crippen LogP contribution in [0.25, 0.3) is 98.7 Å². The lowest BCUT2D eigenvalue weighted by Crippen LogP contribution is -2.10. The standard InChI is InChI=1S/C64H43N.2C3H6/c1-2-9-44(10-3-1)53-13-8-14-60(43-53)65(58-35-29-47(30-36-58)45-17-21-49(22-18-45)54-33-39-63-56(41-54)27-25-51-11-4-6-15-61(51)63)59-37-31-48(32-38-59)46-19-23-50(24-20-46)55-34-40-64-57(42-55)28-26-52-12-5-7-16-62(52)64;2*1-3-2/h1-43H;2*3H,1H2,2H3. The smallest absolute Gasteiger partial charge is 0.0467 e. The van der Waals surface area contributed by atoms with Gasteiger partial charge in [0.25, 0.3) is 0 Å². The third-order valence-electron chi connectivity index (χ3n) is 13.1. The molecule has 0 aliphatic rings. The van der Waals surface area contributed by atoms with Crippen LogP contribution in [0.5, 0.6) is 0 Å². The average Bonchev–Trinajstić information content (AvgIpc) is 3.44. The van der Waals surface area contributed by atoms with Crippen molar-refractivity contribution in [2.75, 3.05) is 4.90 Å². The van der Waals surface area contributed by atoms with E-state index in [1.54, 1.807) is 12.2 Å². The SMILES string of the molecule is C=CC.C=CC.c1ccc(-c2cccc(N(c3ccc(-c4ccc(-c5ccc6c(ccc7ccccc76)c5)cc4)cc3)c3ccc(-c4ccc(-c5ccc6c(ccc7ccccc76)c5)cc4)cc3)c2)cc1. The molecule has 12 rings (SSSR count). The Hall–Kier alpha value is -9.04. The van der Waals surface area contributed by atoms with Crippen molar-refractivity contribution < 1.29 is 0 Å². The Balaban J connectivity index is 0.000000925. The number of hydrogen-bond donors (Lipinski definition) is 0. The molecule has 0 saturated heterocycles. The molecule has 0 bridgehead atoms. The molecule has 0 aliphatic heterocycles. The molecule has 71 heavy (non-hydrogen) atoms. The summed E-state index contributed by atoms with van der Waals surface area (Å²) >= 11 is 0. The fourth-order valence-corrected chi connectivity index (χ4v) is 9.60. The second-order valence-electron chi connectivity index (χ2n) is 17.8. The summed E-state index contributed by atoms with van der Waals surface area (Å²) in [5.41, 5.74) is 15.3. The van der Waals surface area contributed by atoms with Gasteiger partial charge in [-0.15, -0.1) is 13.2 Å². The van der Waals surface area contributed by atoms with E-state index < -0.39 is 0 Å². The van der Waals surface area contributed by atoms with Crippen LogP contribution in [0.1, 0.15) is 13.8 Å². The van der Waals surface area contributed by atoms with Crippen molar-refractivity contribution in [2.45, 2.75) is 13.8 Å². The minimum absolute atomic E-state index is 1.10. The summed E-state index contributed by atoms with van der Waals surface area (Å²) in [6, 6.07) is 95.1. The molecule has 0 aliphatic carbocycles. The van der Waals surface area contributed by atoms with Gasteiger partial charge in [-0.05, 0) is 161 Å². The first-order valence-corrected chi connectivity index (χ1v) is 24.4. The summed E-state index contributed by atoms with van der Waals surface area (Å²) in [6.45, 7) is 10.5. The van der Waals surface area contributed by atoms with Gasteiger partial charge in [0.1, 0.15) is 0 Å². The number of anilines is 3. The van der Waals surface area contributed by atoms with Crippen LogP contribution in [-0.4, -0.2) is 0 Å². The number of fused-ring (bicyclic) bond motifs is 6. The van der Waals surface area contributed by atoms with Crippen LogP contribution in [0, 0.1) is 0 Å².